The summed E-state index contributed by atoms with van der Waals surface area (Å²) in [7, 11) is -2.93. The van der Waals surface area contributed by atoms with Gasteiger partial charge in [0.1, 0.15) is 0 Å². The van der Waals surface area contributed by atoms with Crippen LogP contribution in [0.5, 0.6) is 0 Å². The van der Waals surface area contributed by atoms with E-state index in [0.717, 1.165) is 22.3 Å². The molecule has 1 aromatic carbocycles. The maximum absolute atomic E-state index is 11.8. The molecule has 21 heavy (non-hydrogen) atoms. The zero-order valence-corrected chi connectivity index (χ0v) is 13.0. The summed E-state index contributed by atoms with van der Waals surface area (Å²) in [6.45, 7) is 4.41. The van der Waals surface area contributed by atoms with Crippen molar-refractivity contribution in [2.75, 3.05) is 28.7 Å². The highest BCUT2D eigenvalue weighted by Gasteiger charge is 2.29. The van der Waals surface area contributed by atoms with Gasteiger partial charge >= 0.3 is 0 Å². The van der Waals surface area contributed by atoms with E-state index in [1.807, 2.05) is 38.1 Å². The largest absolute Gasteiger partial charge is 0.399 e. The first-order valence-electron chi connectivity index (χ1n) is 7.00. The predicted molar refractivity (Wildman–Crippen MR) is 86.4 cm³/mol. The molecule has 1 saturated heterocycles. The summed E-state index contributed by atoms with van der Waals surface area (Å²) in [5.74, 6) is 0.390. The van der Waals surface area contributed by atoms with Gasteiger partial charge in [-0.15, -0.1) is 0 Å². The Morgan fingerprint density at radius 1 is 1.33 bits per heavy atom. The van der Waals surface area contributed by atoms with E-state index in [9.17, 15) is 8.42 Å². The minimum absolute atomic E-state index is 0.0461. The number of sulfone groups is 1. The van der Waals surface area contributed by atoms with Crippen LogP contribution in [-0.4, -0.2) is 37.5 Å². The second-order valence-electron chi connectivity index (χ2n) is 5.72. The zero-order valence-electron chi connectivity index (χ0n) is 12.2. The number of hydrogen-bond acceptors (Lipinski definition) is 5. The molecule has 1 atom stereocenters. The quantitative estimate of drug-likeness (QED) is 0.812. The molecule has 2 heterocycles. The Labute approximate surface area is 124 Å². The van der Waals surface area contributed by atoms with Gasteiger partial charge in [0.2, 0.25) is 0 Å². The van der Waals surface area contributed by atoms with Crippen LogP contribution in [0.25, 0.3) is 10.9 Å². The van der Waals surface area contributed by atoms with E-state index in [1.54, 1.807) is 0 Å². The Hall–Kier alpha value is -1.82. The molecule has 3 rings (SSSR count). The first-order chi connectivity index (χ1) is 9.85. The van der Waals surface area contributed by atoms with Crippen LogP contribution in [0, 0.1) is 6.92 Å². The fourth-order valence-electron chi connectivity index (χ4n) is 2.95. The van der Waals surface area contributed by atoms with Gasteiger partial charge in [-0.1, -0.05) is 0 Å². The van der Waals surface area contributed by atoms with Gasteiger partial charge in [-0.2, -0.15) is 0 Å². The molecule has 2 N–H and O–H groups in total. The third-order valence-corrected chi connectivity index (χ3v) is 5.71. The molecule has 1 aromatic heterocycles. The van der Waals surface area contributed by atoms with Crippen LogP contribution < -0.4 is 10.6 Å². The van der Waals surface area contributed by atoms with Crippen molar-refractivity contribution in [2.24, 2.45) is 0 Å². The van der Waals surface area contributed by atoms with Gasteiger partial charge in [-0.05, 0) is 38.1 Å². The van der Waals surface area contributed by atoms with E-state index in [4.69, 9.17) is 5.73 Å². The van der Waals surface area contributed by atoms with Crippen molar-refractivity contribution < 1.29 is 8.42 Å². The lowest BCUT2D eigenvalue weighted by Gasteiger charge is -2.36. The number of benzene rings is 1. The lowest BCUT2D eigenvalue weighted by molar-refractivity contribution is 0.568. The smallest absolute Gasteiger partial charge is 0.154 e. The van der Waals surface area contributed by atoms with Crippen LogP contribution in [0.2, 0.25) is 0 Å². The van der Waals surface area contributed by atoms with E-state index in [0.29, 0.717) is 12.2 Å². The summed E-state index contributed by atoms with van der Waals surface area (Å²) in [5.41, 5.74) is 9.41. The number of fused-ring (bicyclic) bond motifs is 1. The van der Waals surface area contributed by atoms with E-state index < -0.39 is 9.84 Å². The van der Waals surface area contributed by atoms with Crippen LogP contribution in [0.1, 0.15) is 12.6 Å². The topological polar surface area (TPSA) is 76.3 Å². The molecule has 0 spiro atoms. The Bertz CT molecular complexity index is 802. The average molecular weight is 305 g/mol. The molecule has 1 aliphatic rings. The monoisotopic (exact) mass is 305 g/mol. The highest BCUT2D eigenvalue weighted by Crippen LogP contribution is 2.31. The van der Waals surface area contributed by atoms with Gasteiger partial charge in [0, 0.05) is 35.0 Å². The van der Waals surface area contributed by atoms with Crippen LogP contribution >= 0.6 is 0 Å². The molecule has 112 valence electrons. The Morgan fingerprint density at radius 3 is 2.81 bits per heavy atom. The van der Waals surface area contributed by atoms with Gasteiger partial charge in [0.15, 0.2) is 9.84 Å². The van der Waals surface area contributed by atoms with Gasteiger partial charge < -0.3 is 10.6 Å². The number of anilines is 2. The van der Waals surface area contributed by atoms with E-state index in [1.165, 1.54) is 0 Å². The van der Waals surface area contributed by atoms with Crippen molar-refractivity contribution in [3.8, 4) is 0 Å². The summed E-state index contributed by atoms with van der Waals surface area (Å²) < 4.78 is 23.5. The van der Waals surface area contributed by atoms with E-state index in [-0.39, 0.29) is 17.5 Å². The molecule has 5 nitrogen and oxygen atoms in total. The van der Waals surface area contributed by atoms with Crippen molar-refractivity contribution in [1.29, 1.82) is 0 Å². The number of hydrogen-bond donors (Lipinski definition) is 1. The summed E-state index contributed by atoms with van der Waals surface area (Å²) >= 11 is 0. The SMILES string of the molecule is Cc1cc(N2CCS(=O)(=O)CC2C)c2cc(N)ccc2n1. The Balaban J connectivity index is 2.13. The van der Waals surface area contributed by atoms with Crippen molar-refractivity contribution in [3.63, 3.8) is 0 Å². The molecule has 0 aliphatic carbocycles. The Kier molecular flexibility index (Phi) is 3.28. The van der Waals surface area contributed by atoms with Crippen LogP contribution in [0.15, 0.2) is 24.3 Å². The Morgan fingerprint density at radius 2 is 2.10 bits per heavy atom. The number of nitrogens with zero attached hydrogens (tertiary/aromatic N) is 2. The van der Waals surface area contributed by atoms with Crippen LogP contribution in [0.3, 0.4) is 0 Å². The number of nitrogens with two attached hydrogens (primary N) is 1. The van der Waals surface area contributed by atoms with Crippen molar-refractivity contribution in [3.05, 3.63) is 30.0 Å². The number of nitrogen functional groups attached to an aromatic ring is 1. The molecule has 1 unspecified atom stereocenters. The molecule has 0 radical (unpaired) electrons. The number of pyridine rings is 1. The van der Waals surface area contributed by atoms with Crippen LogP contribution in [0.4, 0.5) is 11.4 Å². The van der Waals surface area contributed by atoms with Gasteiger partial charge in [0.25, 0.3) is 0 Å². The summed E-state index contributed by atoms with van der Waals surface area (Å²) in [5, 5.41) is 0.978. The summed E-state index contributed by atoms with van der Waals surface area (Å²) in [6.07, 6.45) is 0. The highest BCUT2D eigenvalue weighted by molar-refractivity contribution is 7.91. The molecule has 6 heteroatoms. The predicted octanol–water partition coefficient (Wildman–Crippen LogP) is 1.75. The van der Waals surface area contributed by atoms with Crippen molar-refractivity contribution in [1.82, 2.24) is 4.98 Å². The lowest BCUT2D eigenvalue weighted by Crippen LogP contribution is -2.47. The molecule has 0 amide bonds. The molecule has 1 fully saturated rings. The summed E-state index contributed by atoms with van der Waals surface area (Å²) in [4.78, 5) is 6.68. The minimum Gasteiger partial charge on any atom is -0.399 e. The third kappa shape index (κ3) is 2.68. The molecule has 2 aromatic rings. The maximum atomic E-state index is 11.8. The first kappa shape index (κ1) is 14.1. The maximum Gasteiger partial charge on any atom is 0.154 e. The molecule has 0 bridgehead atoms. The standard InChI is InChI=1S/C15H19N3O2S/c1-10-7-15(13-8-12(16)3-4-14(13)17-10)18-5-6-21(19,20)9-11(18)2/h3-4,7-8,11H,5-6,9,16H2,1-2H3. The first-order valence-corrected chi connectivity index (χ1v) is 8.82. The van der Waals surface area contributed by atoms with Gasteiger partial charge in [-0.25, -0.2) is 8.42 Å². The van der Waals surface area contributed by atoms with Crippen LogP contribution in [-0.2, 0) is 9.84 Å². The zero-order chi connectivity index (χ0) is 15.2. The fraction of sp³-hybridized carbons (Fsp3) is 0.400. The fourth-order valence-corrected chi connectivity index (χ4v) is 4.50. The second kappa shape index (κ2) is 4.87. The molecule has 1 aliphatic heterocycles. The van der Waals surface area contributed by atoms with Crippen molar-refractivity contribution in [2.45, 2.75) is 19.9 Å². The number of aromatic nitrogens is 1. The lowest BCUT2D eigenvalue weighted by atomic mass is 10.1. The number of aryl methyl sites for hydroxylation is 1. The normalized spacial score (nSPS) is 21.6. The van der Waals surface area contributed by atoms with Gasteiger partial charge in [0.05, 0.1) is 17.0 Å². The number of rotatable bonds is 1. The van der Waals surface area contributed by atoms with Crippen molar-refractivity contribution >= 4 is 32.1 Å². The minimum atomic E-state index is -2.93. The molecular weight excluding hydrogens is 286 g/mol. The van der Waals surface area contributed by atoms with E-state index >= 15 is 0 Å². The highest BCUT2D eigenvalue weighted by atomic mass is 32.2. The summed E-state index contributed by atoms with van der Waals surface area (Å²) in [6, 6.07) is 7.62. The third-order valence-electron chi connectivity index (χ3n) is 3.92. The molecular formula is C15H19N3O2S. The average Bonchev–Trinajstić information content (AvgIpc) is 2.38. The second-order valence-corrected chi connectivity index (χ2v) is 7.94. The molecule has 0 saturated carbocycles. The van der Waals surface area contributed by atoms with Gasteiger partial charge in [-0.3, -0.25) is 4.98 Å². The van der Waals surface area contributed by atoms with E-state index in [2.05, 4.69) is 9.88 Å².